The normalized spacial score (nSPS) is 10.2. The summed E-state index contributed by atoms with van der Waals surface area (Å²) in [6.45, 7) is 0. The number of hydrogen-bond donors (Lipinski definition) is 2. The van der Waals surface area contributed by atoms with Crippen LogP contribution >= 0.6 is 0 Å². The number of aromatic hydroxyl groups is 1. The third-order valence-corrected chi connectivity index (χ3v) is 1.87. The van der Waals surface area contributed by atoms with E-state index in [0.717, 1.165) is 0 Å². The molecule has 6 heteroatoms. The molecule has 6 nitrogen and oxygen atoms in total. The molecule has 1 aromatic carbocycles. The number of aromatic nitrogens is 2. The molecule has 2 rings (SSSR count). The number of carboxylic acids is 1. The molecule has 0 atom stereocenters. The van der Waals surface area contributed by atoms with Crippen molar-refractivity contribution in [3.63, 3.8) is 0 Å². The first-order valence-corrected chi connectivity index (χ1v) is 4.49. The van der Waals surface area contributed by atoms with Crippen molar-refractivity contribution >= 4 is 5.97 Å². The van der Waals surface area contributed by atoms with Gasteiger partial charge >= 0.3 is 5.97 Å². The monoisotopic (exact) mass is 220 g/mol. The molecule has 1 aromatic heterocycles. The molecule has 0 saturated carbocycles. The molecular weight excluding hydrogens is 212 g/mol. The average molecular weight is 220 g/mol. The number of carboxylic acid groups (broad SMARTS) is 1. The van der Waals surface area contributed by atoms with Gasteiger partial charge in [-0.2, -0.15) is 4.98 Å². The lowest BCUT2D eigenvalue weighted by molar-refractivity contribution is -0.136. The summed E-state index contributed by atoms with van der Waals surface area (Å²) < 4.78 is 4.87. The summed E-state index contributed by atoms with van der Waals surface area (Å²) in [4.78, 5) is 14.3. The first kappa shape index (κ1) is 10.2. The van der Waals surface area contributed by atoms with Crippen LogP contribution in [0.4, 0.5) is 0 Å². The van der Waals surface area contributed by atoms with Crippen LogP contribution in [-0.4, -0.2) is 26.3 Å². The highest BCUT2D eigenvalue weighted by molar-refractivity contribution is 5.69. The highest BCUT2D eigenvalue weighted by Gasteiger charge is 2.11. The number of aliphatic carboxylic acids is 1. The second kappa shape index (κ2) is 4.01. The van der Waals surface area contributed by atoms with Crippen molar-refractivity contribution in [1.29, 1.82) is 0 Å². The molecule has 82 valence electrons. The minimum atomic E-state index is -1.02. The van der Waals surface area contributed by atoms with Crippen LogP contribution in [0.15, 0.2) is 28.8 Å². The van der Waals surface area contributed by atoms with Crippen molar-refractivity contribution in [1.82, 2.24) is 10.1 Å². The second-order valence-electron chi connectivity index (χ2n) is 3.14. The minimum absolute atomic E-state index is 0.0792. The van der Waals surface area contributed by atoms with E-state index in [1.807, 2.05) is 0 Å². The Balaban J connectivity index is 2.28. The van der Waals surface area contributed by atoms with E-state index in [2.05, 4.69) is 10.1 Å². The van der Waals surface area contributed by atoms with Gasteiger partial charge in [-0.15, -0.1) is 0 Å². The molecule has 0 bridgehead atoms. The van der Waals surface area contributed by atoms with Gasteiger partial charge in [0.25, 0.3) is 5.89 Å². The van der Waals surface area contributed by atoms with Gasteiger partial charge in [-0.25, -0.2) is 0 Å². The third kappa shape index (κ3) is 2.17. The van der Waals surface area contributed by atoms with Crippen LogP contribution in [0.25, 0.3) is 11.5 Å². The first-order valence-electron chi connectivity index (χ1n) is 4.49. The predicted molar refractivity (Wildman–Crippen MR) is 52.7 cm³/mol. The van der Waals surface area contributed by atoms with Gasteiger partial charge in [0.15, 0.2) is 5.82 Å². The molecule has 2 aromatic rings. The highest BCUT2D eigenvalue weighted by atomic mass is 16.5. The Morgan fingerprint density at radius 3 is 2.94 bits per heavy atom. The van der Waals surface area contributed by atoms with E-state index >= 15 is 0 Å². The van der Waals surface area contributed by atoms with Crippen molar-refractivity contribution in [2.24, 2.45) is 0 Å². The lowest BCUT2D eigenvalue weighted by atomic mass is 10.2. The molecule has 0 aliphatic rings. The number of hydrogen-bond acceptors (Lipinski definition) is 5. The summed E-state index contributed by atoms with van der Waals surface area (Å²) in [5.41, 5.74) is 0.545. The largest absolute Gasteiger partial charge is 0.508 e. The van der Waals surface area contributed by atoms with Crippen LogP contribution in [0.3, 0.4) is 0 Å². The Morgan fingerprint density at radius 1 is 1.44 bits per heavy atom. The number of rotatable bonds is 3. The van der Waals surface area contributed by atoms with Crippen molar-refractivity contribution < 1.29 is 19.5 Å². The summed E-state index contributed by atoms with van der Waals surface area (Å²) in [6, 6.07) is 6.28. The van der Waals surface area contributed by atoms with Crippen molar-refractivity contribution in [2.75, 3.05) is 0 Å². The Kier molecular flexibility index (Phi) is 2.55. The lowest BCUT2D eigenvalue weighted by Gasteiger charge is -1.94. The minimum Gasteiger partial charge on any atom is -0.508 e. The fourth-order valence-corrected chi connectivity index (χ4v) is 1.22. The summed E-state index contributed by atoms with van der Waals surface area (Å²) in [5.74, 6) is -0.656. The van der Waals surface area contributed by atoms with Gasteiger partial charge in [-0.05, 0) is 18.2 Å². The third-order valence-electron chi connectivity index (χ3n) is 1.87. The molecule has 16 heavy (non-hydrogen) atoms. The predicted octanol–water partition coefficient (Wildman–Crippen LogP) is 1.07. The van der Waals surface area contributed by atoms with E-state index in [1.54, 1.807) is 12.1 Å². The van der Waals surface area contributed by atoms with Gasteiger partial charge in [-0.3, -0.25) is 4.79 Å². The van der Waals surface area contributed by atoms with E-state index < -0.39 is 5.97 Å². The van der Waals surface area contributed by atoms with Crippen molar-refractivity contribution in [3.05, 3.63) is 30.1 Å². The van der Waals surface area contributed by atoms with Crippen LogP contribution < -0.4 is 0 Å². The van der Waals surface area contributed by atoms with Gasteiger partial charge in [0, 0.05) is 5.56 Å². The van der Waals surface area contributed by atoms with Gasteiger partial charge in [-0.1, -0.05) is 11.2 Å². The van der Waals surface area contributed by atoms with E-state index in [9.17, 15) is 9.90 Å². The lowest BCUT2D eigenvalue weighted by Crippen LogP contribution is -2.01. The van der Waals surface area contributed by atoms with Crippen LogP contribution in [0.2, 0.25) is 0 Å². The number of nitrogens with zero attached hydrogens (tertiary/aromatic N) is 2. The van der Waals surface area contributed by atoms with Gasteiger partial charge in [0.2, 0.25) is 0 Å². The Labute approximate surface area is 90.2 Å². The first-order chi connectivity index (χ1) is 7.65. The van der Waals surface area contributed by atoms with E-state index in [-0.39, 0.29) is 23.9 Å². The molecule has 0 saturated heterocycles. The summed E-state index contributed by atoms with van der Waals surface area (Å²) in [7, 11) is 0. The van der Waals surface area contributed by atoms with Crippen molar-refractivity contribution in [3.8, 4) is 17.2 Å². The highest BCUT2D eigenvalue weighted by Crippen LogP contribution is 2.21. The van der Waals surface area contributed by atoms with E-state index in [1.165, 1.54) is 12.1 Å². The van der Waals surface area contributed by atoms with Crippen LogP contribution in [0.5, 0.6) is 5.75 Å². The van der Waals surface area contributed by atoms with Crippen molar-refractivity contribution in [2.45, 2.75) is 6.42 Å². The second-order valence-corrected chi connectivity index (χ2v) is 3.14. The molecule has 0 amide bonds. The SMILES string of the molecule is O=C(O)Cc1noc(-c2cccc(O)c2)n1. The molecule has 2 N–H and O–H groups in total. The van der Waals surface area contributed by atoms with Gasteiger partial charge < -0.3 is 14.7 Å². The number of phenols is 1. The molecule has 0 fully saturated rings. The number of carbonyl (C=O) groups is 1. The maximum absolute atomic E-state index is 10.4. The van der Waals surface area contributed by atoms with Gasteiger partial charge in [0.1, 0.15) is 12.2 Å². The quantitative estimate of drug-likeness (QED) is 0.803. The van der Waals surface area contributed by atoms with E-state index in [4.69, 9.17) is 9.63 Å². The Morgan fingerprint density at radius 2 is 2.25 bits per heavy atom. The zero-order valence-electron chi connectivity index (χ0n) is 8.12. The van der Waals surface area contributed by atoms with Crippen LogP contribution in [0, 0.1) is 0 Å². The zero-order chi connectivity index (χ0) is 11.5. The molecule has 1 heterocycles. The van der Waals surface area contributed by atoms with Gasteiger partial charge in [0.05, 0.1) is 0 Å². The molecule has 0 unspecified atom stereocenters. The molecule has 0 radical (unpaired) electrons. The summed E-state index contributed by atoms with van der Waals surface area (Å²) in [6.07, 6.45) is -0.289. The topological polar surface area (TPSA) is 96.5 Å². The number of benzene rings is 1. The number of phenolic OH excluding ortho intramolecular Hbond substituents is 1. The van der Waals surface area contributed by atoms with E-state index in [0.29, 0.717) is 5.56 Å². The molecule has 0 aliphatic heterocycles. The molecule has 0 aliphatic carbocycles. The average Bonchev–Trinajstić information content (AvgIpc) is 2.65. The standard InChI is InChI=1S/C10H8N2O4/c13-7-3-1-2-6(4-7)10-11-8(12-16-10)5-9(14)15/h1-4,13H,5H2,(H,14,15). The fraction of sp³-hybridized carbons (Fsp3) is 0.100. The maximum Gasteiger partial charge on any atom is 0.311 e. The Bertz CT molecular complexity index is 521. The summed E-state index contributed by atoms with van der Waals surface area (Å²) >= 11 is 0. The zero-order valence-corrected chi connectivity index (χ0v) is 8.12. The molecule has 0 spiro atoms. The summed E-state index contributed by atoms with van der Waals surface area (Å²) in [5, 5.41) is 21.3. The Hall–Kier alpha value is -2.37. The fourth-order valence-electron chi connectivity index (χ4n) is 1.22. The maximum atomic E-state index is 10.4. The smallest absolute Gasteiger partial charge is 0.311 e. The van der Waals surface area contributed by atoms with Crippen LogP contribution in [0.1, 0.15) is 5.82 Å². The van der Waals surface area contributed by atoms with Crippen LogP contribution in [-0.2, 0) is 11.2 Å². The molecular formula is C10H8N2O4.